The summed E-state index contributed by atoms with van der Waals surface area (Å²) < 4.78 is 4.87. The van der Waals surface area contributed by atoms with E-state index in [9.17, 15) is 9.90 Å². The van der Waals surface area contributed by atoms with E-state index in [-0.39, 0.29) is 0 Å². The molecule has 5 nitrogen and oxygen atoms in total. The van der Waals surface area contributed by atoms with Crippen molar-refractivity contribution in [3.05, 3.63) is 0 Å². The summed E-state index contributed by atoms with van der Waals surface area (Å²) in [6, 6.07) is 0.304. The van der Waals surface area contributed by atoms with Gasteiger partial charge in [-0.3, -0.25) is 4.79 Å². The molecule has 1 amide bonds. The Kier molecular flexibility index (Phi) is 5.60. The fourth-order valence-corrected chi connectivity index (χ4v) is 1.92. The van der Waals surface area contributed by atoms with Crippen molar-refractivity contribution in [2.24, 2.45) is 0 Å². The molecule has 88 valence electrons. The number of carbonyl (C=O) groups is 1. The molecule has 0 aromatic carbocycles. The lowest BCUT2D eigenvalue weighted by Gasteiger charge is -2.32. The zero-order valence-corrected chi connectivity index (χ0v) is 9.19. The Morgan fingerprint density at radius 3 is 2.80 bits per heavy atom. The largest absolute Gasteiger partial charge is 0.389 e. The number of ether oxygens (including phenoxy) is 1. The third-order valence-electron chi connectivity index (χ3n) is 2.72. The lowest BCUT2D eigenvalue weighted by atomic mass is 10.1. The predicted molar refractivity (Wildman–Crippen MR) is 56.5 cm³/mol. The Hall–Kier alpha value is -0.650. The highest BCUT2D eigenvalue weighted by Crippen LogP contribution is 2.10. The number of hydrogen-bond acceptors (Lipinski definition) is 4. The van der Waals surface area contributed by atoms with Gasteiger partial charge in [-0.25, -0.2) is 0 Å². The molecule has 1 unspecified atom stereocenters. The minimum absolute atomic E-state index is 0.304. The van der Waals surface area contributed by atoms with Crippen LogP contribution < -0.4 is 5.32 Å². The summed E-state index contributed by atoms with van der Waals surface area (Å²) in [6.45, 7) is 2.88. The number of piperidine rings is 1. The monoisotopic (exact) mass is 216 g/mol. The minimum atomic E-state index is -0.411. The third-order valence-corrected chi connectivity index (χ3v) is 2.72. The molecule has 2 N–H and O–H groups in total. The minimum Gasteiger partial charge on any atom is -0.389 e. The standard InChI is InChI=1S/C10H20N2O3/c1-15-7-10(14)6-12-4-2-9(3-5-12)11-8-13/h8-10,14H,2-7H2,1H3,(H,11,13). The summed E-state index contributed by atoms with van der Waals surface area (Å²) in [5.41, 5.74) is 0. The first-order chi connectivity index (χ1) is 7.26. The molecule has 0 aromatic rings. The SMILES string of the molecule is COCC(O)CN1CCC(NC=O)CC1. The summed E-state index contributed by atoms with van der Waals surface area (Å²) in [6.07, 6.45) is 2.27. The van der Waals surface area contributed by atoms with Crippen LogP contribution in [-0.2, 0) is 9.53 Å². The second-order valence-electron chi connectivity index (χ2n) is 3.97. The Bertz CT molecular complexity index is 182. The van der Waals surface area contributed by atoms with Gasteiger partial charge in [-0.1, -0.05) is 0 Å². The molecule has 1 saturated heterocycles. The van der Waals surface area contributed by atoms with Crippen LogP contribution in [0.5, 0.6) is 0 Å². The molecule has 0 radical (unpaired) electrons. The molecule has 0 aromatic heterocycles. The normalized spacial score (nSPS) is 21.2. The van der Waals surface area contributed by atoms with Crippen LogP contribution in [0.1, 0.15) is 12.8 Å². The molecular weight excluding hydrogens is 196 g/mol. The average Bonchev–Trinajstić information content (AvgIpc) is 2.22. The maximum atomic E-state index is 10.2. The van der Waals surface area contributed by atoms with Gasteiger partial charge in [0.2, 0.25) is 6.41 Å². The first-order valence-corrected chi connectivity index (χ1v) is 5.35. The van der Waals surface area contributed by atoms with Gasteiger partial charge in [0, 0.05) is 32.8 Å². The third kappa shape index (κ3) is 4.59. The van der Waals surface area contributed by atoms with Gasteiger partial charge in [-0.2, -0.15) is 0 Å². The Balaban J connectivity index is 2.16. The van der Waals surface area contributed by atoms with Crippen molar-refractivity contribution in [3.8, 4) is 0 Å². The van der Waals surface area contributed by atoms with Crippen LogP contribution in [0.4, 0.5) is 0 Å². The highest BCUT2D eigenvalue weighted by Gasteiger charge is 2.20. The summed E-state index contributed by atoms with van der Waals surface area (Å²) in [7, 11) is 1.59. The van der Waals surface area contributed by atoms with E-state index in [1.54, 1.807) is 7.11 Å². The zero-order valence-electron chi connectivity index (χ0n) is 9.19. The molecule has 1 fully saturated rings. The van der Waals surface area contributed by atoms with E-state index in [0.717, 1.165) is 32.3 Å². The zero-order chi connectivity index (χ0) is 11.1. The van der Waals surface area contributed by atoms with Gasteiger partial charge >= 0.3 is 0 Å². The van der Waals surface area contributed by atoms with Crippen LogP contribution in [0.3, 0.4) is 0 Å². The number of likely N-dealkylation sites (tertiary alicyclic amines) is 1. The molecular formula is C10H20N2O3. The van der Waals surface area contributed by atoms with E-state index < -0.39 is 6.10 Å². The van der Waals surface area contributed by atoms with Gasteiger partial charge in [-0.05, 0) is 12.8 Å². The number of carbonyl (C=O) groups excluding carboxylic acids is 1. The fourth-order valence-electron chi connectivity index (χ4n) is 1.92. The summed E-state index contributed by atoms with van der Waals surface area (Å²) in [4.78, 5) is 12.4. The molecule has 1 heterocycles. The molecule has 0 aliphatic carbocycles. The lowest BCUT2D eigenvalue weighted by Crippen LogP contribution is -2.45. The van der Waals surface area contributed by atoms with E-state index in [1.807, 2.05) is 0 Å². The maximum Gasteiger partial charge on any atom is 0.207 e. The molecule has 0 saturated carbocycles. The first kappa shape index (κ1) is 12.4. The number of hydrogen-bond donors (Lipinski definition) is 2. The van der Waals surface area contributed by atoms with Gasteiger partial charge in [-0.15, -0.1) is 0 Å². The van der Waals surface area contributed by atoms with Crippen molar-refractivity contribution in [1.82, 2.24) is 10.2 Å². The van der Waals surface area contributed by atoms with Crippen molar-refractivity contribution in [2.45, 2.75) is 25.0 Å². The van der Waals surface area contributed by atoms with Crippen molar-refractivity contribution in [1.29, 1.82) is 0 Å². The molecule has 1 aliphatic heterocycles. The van der Waals surface area contributed by atoms with Gasteiger partial charge in [0.15, 0.2) is 0 Å². The second-order valence-corrected chi connectivity index (χ2v) is 3.97. The fraction of sp³-hybridized carbons (Fsp3) is 0.900. The van der Waals surface area contributed by atoms with E-state index in [4.69, 9.17) is 4.74 Å². The molecule has 5 heteroatoms. The molecule has 0 bridgehead atoms. The van der Waals surface area contributed by atoms with Crippen molar-refractivity contribution < 1.29 is 14.6 Å². The van der Waals surface area contributed by atoms with Crippen LogP contribution in [0, 0.1) is 0 Å². The lowest BCUT2D eigenvalue weighted by molar-refractivity contribution is -0.110. The number of aliphatic hydroxyl groups excluding tert-OH is 1. The van der Waals surface area contributed by atoms with E-state index >= 15 is 0 Å². The number of nitrogens with zero attached hydrogens (tertiary/aromatic N) is 1. The van der Waals surface area contributed by atoms with Gasteiger partial charge < -0.3 is 20.1 Å². The highest BCUT2D eigenvalue weighted by molar-refractivity contribution is 5.46. The van der Waals surface area contributed by atoms with Gasteiger partial charge in [0.1, 0.15) is 0 Å². The van der Waals surface area contributed by atoms with Gasteiger partial charge in [0.25, 0.3) is 0 Å². The summed E-state index contributed by atoms with van der Waals surface area (Å²) in [5, 5.41) is 12.3. The number of nitrogens with one attached hydrogen (secondary N) is 1. The number of rotatable bonds is 6. The predicted octanol–water partition coefficient (Wildman–Crippen LogP) is -0.796. The Morgan fingerprint density at radius 1 is 1.60 bits per heavy atom. The van der Waals surface area contributed by atoms with Crippen LogP contribution >= 0.6 is 0 Å². The molecule has 15 heavy (non-hydrogen) atoms. The van der Waals surface area contributed by atoms with Crippen molar-refractivity contribution >= 4 is 6.41 Å². The van der Waals surface area contributed by atoms with Crippen LogP contribution in [0.15, 0.2) is 0 Å². The second kappa shape index (κ2) is 6.76. The smallest absolute Gasteiger partial charge is 0.207 e. The van der Waals surface area contributed by atoms with Crippen LogP contribution in [0.25, 0.3) is 0 Å². The number of aliphatic hydroxyl groups is 1. The average molecular weight is 216 g/mol. The van der Waals surface area contributed by atoms with Crippen molar-refractivity contribution in [2.75, 3.05) is 33.4 Å². The first-order valence-electron chi connectivity index (χ1n) is 5.35. The summed E-state index contributed by atoms with van der Waals surface area (Å²) >= 11 is 0. The van der Waals surface area contributed by atoms with E-state index in [2.05, 4.69) is 10.2 Å². The van der Waals surface area contributed by atoms with Crippen molar-refractivity contribution in [3.63, 3.8) is 0 Å². The van der Waals surface area contributed by atoms with Gasteiger partial charge in [0.05, 0.1) is 12.7 Å². The topological polar surface area (TPSA) is 61.8 Å². The Labute approximate surface area is 90.4 Å². The molecule has 1 rings (SSSR count). The Morgan fingerprint density at radius 2 is 2.27 bits per heavy atom. The molecule has 0 spiro atoms. The number of β-amino-alcohol motifs (C(OH)–C–C–N with tert-alkyl or cyclic N) is 1. The number of methoxy groups -OCH3 is 1. The summed E-state index contributed by atoms with van der Waals surface area (Å²) in [5.74, 6) is 0. The maximum absolute atomic E-state index is 10.2. The van der Waals surface area contributed by atoms with Crippen LogP contribution in [-0.4, -0.2) is 61.9 Å². The van der Waals surface area contributed by atoms with E-state index in [0.29, 0.717) is 19.2 Å². The molecule has 1 atom stereocenters. The quantitative estimate of drug-likeness (QED) is 0.571. The molecule has 1 aliphatic rings. The number of amides is 1. The van der Waals surface area contributed by atoms with Crippen LogP contribution in [0.2, 0.25) is 0 Å². The highest BCUT2D eigenvalue weighted by atomic mass is 16.5. The van der Waals surface area contributed by atoms with E-state index in [1.165, 1.54) is 0 Å².